The summed E-state index contributed by atoms with van der Waals surface area (Å²) < 4.78 is 0. The van der Waals surface area contributed by atoms with Crippen molar-refractivity contribution in [1.82, 2.24) is 10.2 Å². The highest BCUT2D eigenvalue weighted by atomic mass is 15.2. The second-order valence-electron chi connectivity index (χ2n) is 7.23. The maximum absolute atomic E-state index is 3.51. The van der Waals surface area contributed by atoms with Gasteiger partial charge >= 0.3 is 0 Å². The first kappa shape index (κ1) is 12.4. The largest absolute Gasteiger partial charge is 0.316 e. The zero-order valence-corrected chi connectivity index (χ0v) is 11.5. The van der Waals surface area contributed by atoms with Crippen LogP contribution >= 0.6 is 0 Å². The van der Waals surface area contributed by atoms with Crippen molar-refractivity contribution in [3.05, 3.63) is 0 Å². The lowest BCUT2D eigenvalue weighted by atomic mass is 9.83. The van der Waals surface area contributed by atoms with Gasteiger partial charge in [-0.3, -0.25) is 4.90 Å². The average Bonchev–Trinajstić information content (AvgIpc) is 2.73. The number of nitrogens with one attached hydrogen (secondary N) is 1. The first-order chi connectivity index (χ1) is 7.41. The Bertz CT molecular complexity index is 236. The highest BCUT2D eigenvalue weighted by molar-refractivity contribution is 4.93. The number of likely N-dealkylation sites (tertiary alicyclic amines) is 1. The zero-order chi connectivity index (χ0) is 11.8. The summed E-state index contributed by atoms with van der Waals surface area (Å²) in [6.07, 6.45) is 4.14. The van der Waals surface area contributed by atoms with Crippen LogP contribution in [0.5, 0.6) is 0 Å². The molecule has 2 saturated heterocycles. The minimum absolute atomic E-state index is 0.443. The molecule has 0 spiro atoms. The van der Waals surface area contributed by atoms with E-state index in [1.165, 1.54) is 45.4 Å². The Hall–Kier alpha value is -0.0800. The average molecular weight is 224 g/mol. The molecule has 2 aliphatic rings. The van der Waals surface area contributed by atoms with Gasteiger partial charge in [0.05, 0.1) is 0 Å². The smallest absolute Gasteiger partial charge is 0.0144 e. The molecule has 2 rings (SSSR count). The van der Waals surface area contributed by atoms with Gasteiger partial charge in [0.1, 0.15) is 0 Å². The minimum Gasteiger partial charge on any atom is -0.316 e. The number of hydrogen-bond acceptors (Lipinski definition) is 2. The highest BCUT2D eigenvalue weighted by Crippen LogP contribution is 2.36. The van der Waals surface area contributed by atoms with E-state index in [1.807, 2.05) is 0 Å². The van der Waals surface area contributed by atoms with Crippen LogP contribution in [0.3, 0.4) is 0 Å². The van der Waals surface area contributed by atoms with Gasteiger partial charge < -0.3 is 5.32 Å². The first-order valence-electron chi connectivity index (χ1n) is 6.86. The van der Waals surface area contributed by atoms with Gasteiger partial charge in [-0.25, -0.2) is 0 Å². The lowest BCUT2D eigenvalue weighted by Crippen LogP contribution is -2.45. The number of hydrogen-bond donors (Lipinski definition) is 1. The second kappa shape index (κ2) is 4.30. The van der Waals surface area contributed by atoms with Gasteiger partial charge in [0.2, 0.25) is 0 Å². The molecule has 0 aromatic carbocycles. The summed E-state index contributed by atoms with van der Waals surface area (Å²) >= 11 is 0. The Morgan fingerprint density at radius 2 is 2.12 bits per heavy atom. The summed E-state index contributed by atoms with van der Waals surface area (Å²) in [5.41, 5.74) is 0.965. The first-order valence-corrected chi connectivity index (χ1v) is 6.86. The van der Waals surface area contributed by atoms with E-state index in [4.69, 9.17) is 0 Å². The lowest BCUT2D eigenvalue weighted by molar-refractivity contribution is 0.0978. The van der Waals surface area contributed by atoms with Crippen LogP contribution in [0.15, 0.2) is 0 Å². The van der Waals surface area contributed by atoms with Crippen molar-refractivity contribution < 1.29 is 0 Å². The summed E-state index contributed by atoms with van der Waals surface area (Å²) in [6.45, 7) is 14.7. The predicted molar refractivity (Wildman–Crippen MR) is 69.6 cm³/mol. The Labute approximate surface area is 101 Å². The van der Waals surface area contributed by atoms with E-state index in [1.54, 1.807) is 0 Å². The summed E-state index contributed by atoms with van der Waals surface area (Å²) in [5.74, 6) is 0. The summed E-state index contributed by atoms with van der Waals surface area (Å²) in [6, 6.07) is 0.796. The van der Waals surface area contributed by atoms with Crippen LogP contribution in [0, 0.1) is 10.8 Å². The van der Waals surface area contributed by atoms with E-state index < -0.39 is 0 Å². The Morgan fingerprint density at radius 3 is 2.69 bits per heavy atom. The number of rotatable bonds is 2. The van der Waals surface area contributed by atoms with Gasteiger partial charge in [0.15, 0.2) is 0 Å². The van der Waals surface area contributed by atoms with Crippen molar-refractivity contribution in [1.29, 1.82) is 0 Å². The van der Waals surface area contributed by atoms with Crippen LogP contribution in [0.2, 0.25) is 0 Å². The third-order valence-corrected chi connectivity index (χ3v) is 4.41. The van der Waals surface area contributed by atoms with Crippen molar-refractivity contribution in [2.45, 2.75) is 53.0 Å². The fourth-order valence-corrected chi connectivity index (χ4v) is 3.49. The quantitative estimate of drug-likeness (QED) is 0.775. The zero-order valence-electron chi connectivity index (χ0n) is 11.5. The molecule has 0 aliphatic carbocycles. The third kappa shape index (κ3) is 2.60. The van der Waals surface area contributed by atoms with Gasteiger partial charge in [0, 0.05) is 19.1 Å². The van der Waals surface area contributed by atoms with Gasteiger partial charge in [-0.05, 0) is 43.2 Å². The van der Waals surface area contributed by atoms with Crippen molar-refractivity contribution >= 4 is 0 Å². The van der Waals surface area contributed by atoms with Gasteiger partial charge in [-0.2, -0.15) is 0 Å². The molecule has 2 atom stereocenters. The van der Waals surface area contributed by atoms with Gasteiger partial charge in [-0.15, -0.1) is 0 Å². The molecule has 0 amide bonds. The van der Waals surface area contributed by atoms with Crippen LogP contribution in [0.25, 0.3) is 0 Å². The molecule has 0 aromatic heterocycles. The molecular weight excluding hydrogens is 196 g/mol. The molecule has 0 bridgehead atoms. The molecule has 0 radical (unpaired) electrons. The second-order valence-corrected chi connectivity index (χ2v) is 7.23. The third-order valence-electron chi connectivity index (χ3n) is 4.41. The van der Waals surface area contributed by atoms with E-state index in [0.717, 1.165) is 6.04 Å². The molecule has 1 N–H and O–H groups in total. The molecule has 16 heavy (non-hydrogen) atoms. The maximum Gasteiger partial charge on any atom is 0.0144 e. The van der Waals surface area contributed by atoms with Crippen molar-refractivity contribution in [3.8, 4) is 0 Å². The predicted octanol–water partition coefficient (Wildman–Crippen LogP) is 2.50. The van der Waals surface area contributed by atoms with E-state index in [0.29, 0.717) is 10.8 Å². The topological polar surface area (TPSA) is 15.3 Å². The Balaban J connectivity index is 1.98. The fourth-order valence-electron chi connectivity index (χ4n) is 3.49. The molecule has 2 heterocycles. The van der Waals surface area contributed by atoms with Gasteiger partial charge in [-0.1, -0.05) is 27.7 Å². The SMILES string of the molecule is CC1(CN2CCCC2C(C)(C)C)CCNC1. The maximum atomic E-state index is 3.51. The number of nitrogens with zero attached hydrogens (tertiary/aromatic N) is 1. The molecule has 0 saturated carbocycles. The normalized spacial score (nSPS) is 37.1. The Kier molecular flexibility index (Phi) is 3.33. The van der Waals surface area contributed by atoms with Crippen molar-refractivity contribution in [3.63, 3.8) is 0 Å². The standard InChI is InChI=1S/C14H28N2/c1-13(2,3)12-6-5-9-16(12)11-14(4)7-8-15-10-14/h12,15H,5-11H2,1-4H3. The summed E-state index contributed by atoms with van der Waals surface area (Å²) in [5, 5.41) is 3.51. The van der Waals surface area contributed by atoms with E-state index in [2.05, 4.69) is 37.9 Å². The van der Waals surface area contributed by atoms with Crippen molar-refractivity contribution in [2.24, 2.45) is 10.8 Å². The molecule has 2 fully saturated rings. The van der Waals surface area contributed by atoms with Crippen LogP contribution in [-0.2, 0) is 0 Å². The monoisotopic (exact) mass is 224 g/mol. The Morgan fingerprint density at radius 1 is 1.38 bits per heavy atom. The van der Waals surface area contributed by atoms with E-state index in [-0.39, 0.29) is 0 Å². The van der Waals surface area contributed by atoms with Crippen LogP contribution in [0.4, 0.5) is 0 Å². The van der Waals surface area contributed by atoms with Crippen LogP contribution in [0.1, 0.15) is 47.0 Å². The van der Waals surface area contributed by atoms with Gasteiger partial charge in [0.25, 0.3) is 0 Å². The molecular formula is C14H28N2. The lowest BCUT2D eigenvalue weighted by Gasteiger charge is -2.39. The van der Waals surface area contributed by atoms with Crippen molar-refractivity contribution in [2.75, 3.05) is 26.2 Å². The highest BCUT2D eigenvalue weighted by Gasteiger charge is 2.38. The summed E-state index contributed by atoms with van der Waals surface area (Å²) in [7, 11) is 0. The molecule has 94 valence electrons. The molecule has 2 nitrogen and oxygen atoms in total. The minimum atomic E-state index is 0.443. The molecule has 2 heteroatoms. The van der Waals surface area contributed by atoms with Crippen LogP contribution < -0.4 is 5.32 Å². The summed E-state index contributed by atoms with van der Waals surface area (Å²) in [4.78, 5) is 2.76. The van der Waals surface area contributed by atoms with E-state index in [9.17, 15) is 0 Å². The molecule has 0 aromatic rings. The van der Waals surface area contributed by atoms with E-state index >= 15 is 0 Å². The fraction of sp³-hybridized carbons (Fsp3) is 1.00. The molecule has 2 aliphatic heterocycles. The molecule has 2 unspecified atom stereocenters. The van der Waals surface area contributed by atoms with Crippen LogP contribution in [-0.4, -0.2) is 37.1 Å².